The zero-order chi connectivity index (χ0) is 93.6. The molecule has 6 unspecified atom stereocenters. The second-order valence-corrected chi connectivity index (χ2v) is 35.1. The number of fused-ring (bicyclic) bond motifs is 3. The van der Waals surface area contributed by atoms with E-state index in [1.165, 1.54) is 54.0 Å². The molecule has 670 valence electrons. The van der Waals surface area contributed by atoms with Gasteiger partial charge in [-0.25, -0.2) is 67.4 Å². The third kappa shape index (κ3) is 18.3. The van der Waals surface area contributed by atoms with E-state index in [0.717, 1.165) is 56.7 Å². The number of piperazine rings is 3. The summed E-state index contributed by atoms with van der Waals surface area (Å²) in [5.41, 5.74) is 10.6. The monoisotopic (exact) mass is 1790 g/mol. The zero-order valence-corrected chi connectivity index (χ0v) is 77.8. The summed E-state index contributed by atoms with van der Waals surface area (Å²) in [6, 6.07) is 24.1. The molecule has 3 fully saturated rings. The molecule has 10 aromatic rings. The van der Waals surface area contributed by atoms with Gasteiger partial charge in [-0.2, -0.15) is 4.98 Å². The van der Waals surface area contributed by atoms with E-state index in [1.807, 2.05) is 133 Å². The Kier molecular flexibility index (Phi) is 27.6. The second kappa shape index (κ2) is 38.0. The summed E-state index contributed by atoms with van der Waals surface area (Å²) in [4.78, 5) is 133. The minimum Gasteiger partial charge on any atom is -0.349 e. The predicted molar refractivity (Wildman–Crippen MR) is 506 cm³/mol. The number of aryl methyl sites for hydroxylation is 6. The molecule has 4 amide bonds. The van der Waals surface area contributed by atoms with Gasteiger partial charge in [-0.1, -0.05) is 134 Å². The predicted octanol–water partition coefficient (Wildman–Crippen LogP) is 18.4. The number of halogens is 5. The molecule has 1 N–H and O–H groups in total. The number of rotatable bonds is 14. The highest BCUT2D eigenvalue weighted by Gasteiger charge is 2.43. The summed E-state index contributed by atoms with van der Waals surface area (Å²) in [5.74, 6) is 2.94. The van der Waals surface area contributed by atoms with Crippen molar-refractivity contribution in [2.75, 3.05) is 59.3 Å². The lowest BCUT2D eigenvalue weighted by Crippen LogP contribution is -2.59. The first-order chi connectivity index (χ1) is 61.2. The Labute approximate surface area is 760 Å². The molecule has 31 heteroatoms. The number of hydrogen-bond donors (Lipinski definition) is 1. The van der Waals surface area contributed by atoms with E-state index < -0.39 is 23.2 Å². The summed E-state index contributed by atoms with van der Waals surface area (Å²) in [5, 5.41) is 3.49. The standard InChI is InChI=1S/C33H35ClFN7O3.C33H38FN7O.C32H35ClFN7O/c1-8-26(44)40-15-20(6)41(16-19(40)5)31-23-14-24(34)28(22-10-9-11-25(35)29(22)37-21(7)43)38-32(23)42(33(45)39-31)30-18(4)12-13-36-27(30)17(2)3;1-10-28(42)39-16-21(6)40(17-20(39)5)32-26-15-19(4)30(25-13-11-12-14-27(25)34)38-33(26)41(24(9)37-32)31-22(7)35-23(8)36-29(31)18(2)3;1-9-27(42)39-15-19(5)40(16-18(39)4)31-24-14-25(33)29(23-12-10-11-13-26(23)34)38-32(24)41(22(8)37-31)30-20(6)35-21(7)36-28(30)17(2)3/h8-14,17,19-20H,1,15-16H2,2-7H3,(H,37,43);10-15,18,20-21H,1,9,16-17H2,2-8H3;9-14,17-19H,1,8,15-16H2,2-7H3. The van der Waals surface area contributed by atoms with E-state index in [2.05, 4.69) is 103 Å². The molecule has 0 radical (unpaired) electrons. The molecule has 26 nitrogen and oxygen atoms in total. The lowest BCUT2D eigenvalue weighted by molar-refractivity contribution is -0.131. The van der Waals surface area contributed by atoms with Crippen LogP contribution in [0.1, 0.15) is 170 Å². The first-order valence-corrected chi connectivity index (χ1v) is 43.8. The zero-order valence-electron chi connectivity index (χ0n) is 76.3. The largest absolute Gasteiger partial charge is 0.355 e. The fourth-order valence-corrected chi connectivity index (χ4v) is 18.0. The molecule has 5 aliphatic heterocycles. The molecular weight excluding hydrogens is 1680 g/mol. The van der Waals surface area contributed by atoms with Crippen LogP contribution in [0.3, 0.4) is 0 Å². The van der Waals surface area contributed by atoms with Crippen molar-refractivity contribution in [1.29, 1.82) is 0 Å². The van der Waals surface area contributed by atoms with Crippen LogP contribution in [0.25, 0.3) is 50.5 Å². The van der Waals surface area contributed by atoms with Gasteiger partial charge in [-0.15, -0.1) is 0 Å². The van der Waals surface area contributed by atoms with Crippen LogP contribution in [0.4, 0.5) is 47.7 Å². The molecule has 3 saturated heterocycles. The molecule has 0 saturated carbocycles. The number of pyridine rings is 4. The Balaban J connectivity index is 0.000000165. The van der Waals surface area contributed by atoms with Gasteiger partial charge in [-0.05, 0) is 185 Å². The van der Waals surface area contributed by atoms with Gasteiger partial charge in [0, 0.05) is 105 Å². The Morgan fingerprint density at radius 3 is 1.34 bits per heavy atom. The van der Waals surface area contributed by atoms with Crippen molar-refractivity contribution in [2.45, 2.75) is 186 Å². The maximum absolute atomic E-state index is 15.1. The summed E-state index contributed by atoms with van der Waals surface area (Å²) in [7, 11) is 0. The fourth-order valence-electron chi connectivity index (χ4n) is 17.5. The molecule has 15 rings (SSSR count). The Bertz CT molecular complexity index is 6130. The lowest BCUT2D eigenvalue weighted by Gasteiger charge is -2.46. The number of benzene rings is 3. The van der Waals surface area contributed by atoms with Crippen molar-refractivity contribution in [2.24, 2.45) is 9.98 Å². The Hall–Kier alpha value is -13.2. The number of nitrogens with one attached hydrogen (secondary N) is 1. The minimum atomic E-state index is -0.659. The van der Waals surface area contributed by atoms with Gasteiger partial charge in [0.25, 0.3) is 0 Å². The SMILES string of the molecule is C=CC(=O)N1CC(C)N(C2=NC(=C)N(c3c(C)nc(C)nc3C(C)C)c3nc(-c4ccccc4F)c(C)cc32)CC1C.C=CC(=O)N1CC(C)N(C2=NC(=C)N(c3c(C)nc(C)nc3C(C)C)c3nc(-c4ccccc4F)c(Cl)cc32)CC1C.C=CC(=O)N1CC(C)N(c2nc(=O)n(-c3c(C)ccnc3C(C)C)c3nc(-c4cccc(F)c4NC(C)=O)c(Cl)cc23)CC1C. The minimum absolute atomic E-state index is 0.0294. The first kappa shape index (κ1) is 93.5. The first-order valence-electron chi connectivity index (χ1n) is 43.0. The highest BCUT2D eigenvalue weighted by molar-refractivity contribution is 6.34. The summed E-state index contributed by atoms with van der Waals surface area (Å²) >= 11 is 13.8. The van der Waals surface area contributed by atoms with Crippen molar-refractivity contribution < 1.29 is 32.3 Å². The van der Waals surface area contributed by atoms with E-state index in [9.17, 15) is 24.0 Å². The number of carbonyl (C=O) groups is 4. The Morgan fingerprint density at radius 2 is 0.876 bits per heavy atom. The number of amides is 4. The molecule has 5 aliphatic rings. The van der Waals surface area contributed by atoms with E-state index in [0.29, 0.717) is 136 Å². The molecular formula is C98H108Cl2F3N21O5. The summed E-state index contributed by atoms with van der Waals surface area (Å²) in [6.07, 6.45) is 5.70. The number of nitrogens with zero attached hydrogens (tertiary/aromatic N) is 20. The molecule has 7 aromatic heterocycles. The molecule has 3 aromatic carbocycles. The van der Waals surface area contributed by atoms with Gasteiger partial charge < -0.3 is 34.7 Å². The molecule has 12 heterocycles. The fraction of sp³-hybridized carbons (Fsp3) is 0.347. The van der Waals surface area contributed by atoms with Crippen LogP contribution in [-0.4, -0.2) is 185 Å². The third-order valence-electron chi connectivity index (χ3n) is 23.7. The van der Waals surface area contributed by atoms with Crippen LogP contribution < -0.4 is 25.7 Å². The van der Waals surface area contributed by atoms with Crippen LogP contribution in [0.5, 0.6) is 0 Å². The average Bonchev–Trinajstić information content (AvgIpc) is 0.739. The molecule has 0 aliphatic carbocycles. The van der Waals surface area contributed by atoms with Gasteiger partial charge in [0.15, 0.2) is 17.3 Å². The highest BCUT2D eigenvalue weighted by Crippen LogP contribution is 2.48. The molecule has 129 heavy (non-hydrogen) atoms. The van der Waals surface area contributed by atoms with Crippen LogP contribution in [-0.2, 0) is 19.2 Å². The number of aromatic nitrogens is 10. The molecule has 0 bridgehead atoms. The van der Waals surface area contributed by atoms with Crippen molar-refractivity contribution in [3.63, 3.8) is 0 Å². The topological polar surface area (TPSA) is 269 Å². The van der Waals surface area contributed by atoms with E-state index in [1.54, 1.807) is 59.6 Å². The van der Waals surface area contributed by atoms with Crippen molar-refractivity contribution in [3.05, 3.63) is 260 Å². The van der Waals surface area contributed by atoms with Gasteiger partial charge in [0.2, 0.25) is 23.6 Å². The summed E-state index contributed by atoms with van der Waals surface area (Å²) < 4.78 is 46.6. The van der Waals surface area contributed by atoms with Crippen LogP contribution in [0.15, 0.2) is 175 Å². The number of amidine groups is 2. The van der Waals surface area contributed by atoms with Crippen molar-refractivity contribution in [1.82, 2.24) is 73.9 Å². The van der Waals surface area contributed by atoms with Crippen LogP contribution in [0, 0.1) is 59.0 Å². The van der Waals surface area contributed by atoms with Gasteiger partial charge in [0.1, 0.15) is 58.2 Å². The maximum atomic E-state index is 15.1. The Morgan fingerprint density at radius 1 is 0.457 bits per heavy atom. The van der Waals surface area contributed by atoms with Crippen LogP contribution >= 0.6 is 23.2 Å². The highest BCUT2D eigenvalue weighted by atomic mass is 35.5. The van der Waals surface area contributed by atoms with Crippen molar-refractivity contribution >= 4 is 104 Å². The van der Waals surface area contributed by atoms with E-state index in [4.69, 9.17) is 58.1 Å². The normalized spacial score (nSPS) is 18.0. The summed E-state index contributed by atoms with van der Waals surface area (Å²) in [6.45, 7) is 59.6. The van der Waals surface area contributed by atoms with Gasteiger partial charge in [-0.3, -0.25) is 34.0 Å². The van der Waals surface area contributed by atoms with Crippen LogP contribution in [0.2, 0.25) is 10.0 Å². The third-order valence-corrected chi connectivity index (χ3v) is 24.3. The van der Waals surface area contributed by atoms with Crippen molar-refractivity contribution in [3.8, 4) is 39.5 Å². The van der Waals surface area contributed by atoms with E-state index >= 15 is 13.2 Å². The smallest absolute Gasteiger partial charge is 0.349 e. The number of carbonyl (C=O) groups excluding carboxylic acids is 4. The molecule has 0 spiro atoms. The second-order valence-electron chi connectivity index (χ2n) is 34.3. The quantitative estimate of drug-likeness (QED) is 0.0991. The van der Waals surface area contributed by atoms with E-state index in [-0.39, 0.29) is 105 Å². The lowest BCUT2D eigenvalue weighted by atomic mass is 9.99. The van der Waals surface area contributed by atoms with Gasteiger partial charge in [0.05, 0.1) is 94.9 Å². The number of hydrogen-bond acceptors (Lipinski definition) is 21. The number of aliphatic imine (C=N–C) groups is 2. The average molecular weight is 1790 g/mol. The number of para-hydroxylation sites is 1. The van der Waals surface area contributed by atoms with Gasteiger partial charge >= 0.3 is 5.69 Å². The molecule has 6 atom stereocenters. The number of anilines is 6. The maximum Gasteiger partial charge on any atom is 0.355 e.